The molecule has 0 aliphatic carbocycles. The van der Waals surface area contributed by atoms with Crippen LogP contribution >= 0.6 is 15.9 Å². The third-order valence-corrected chi connectivity index (χ3v) is 4.79. The average Bonchev–Trinajstić information content (AvgIpc) is 2.80. The summed E-state index contributed by atoms with van der Waals surface area (Å²) in [4.78, 5) is 7.35. The van der Waals surface area contributed by atoms with Crippen molar-refractivity contribution in [3.8, 4) is 0 Å². The zero-order chi connectivity index (χ0) is 11.8. The lowest BCUT2D eigenvalue weighted by Gasteiger charge is -2.35. The molecule has 3 nitrogen and oxygen atoms in total. The van der Waals surface area contributed by atoms with Crippen LogP contribution in [0.3, 0.4) is 0 Å². The van der Waals surface area contributed by atoms with Crippen molar-refractivity contribution in [2.24, 2.45) is 5.92 Å². The van der Waals surface area contributed by atoms with Crippen molar-refractivity contribution < 1.29 is 0 Å². The van der Waals surface area contributed by atoms with Gasteiger partial charge >= 0.3 is 0 Å². The Labute approximate surface area is 110 Å². The Morgan fingerprint density at radius 2 is 2.29 bits per heavy atom. The fraction of sp³-hybridized carbons (Fsp3) is 0.462. The maximum Gasteiger partial charge on any atom is 0.138 e. The van der Waals surface area contributed by atoms with Crippen LogP contribution in [-0.4, -0.2) is 27.3 Å². The van der Waals surface area contributed by atoms with Crippen molar-refractivity contribution in [2.75, 3.05) is 18.0 Å². The molecule has 17 heavy (non-hydrogen) atoms. The highest BCUT2D eigenvalue weighted by molar-refractivity contribution is 9.09. The molecule has 3 heterocycles. The maximum atomic E-state index is 4.33. The van der Waals surface area contributed by atoms with Gasteiger partial charge in [0.25, 0.3) is 0 Å². The monoisotopic (exact) mass is 293 g/mol. The van der Waals surface area contributed by atoms with Gasteiger partial charge in [-0.05, 0) is 24.5 Å². The van der Waals surface area contributed by atoms with E-state index in [1.54, 1.807) is 0 Å². The van der Waals surface area contributed by atoms with Gasteiger partial charge < -0.3 is 4.90 Å². The van der Waals surface area contributed by atoms with E-state index in [0.717, 1.165) is 24.7 Å². The molecule has 0 amide bonds. The molecule has 2 atom stereocenters. The van der Waals surface area contributed by atoms with Gasteiger partial charge in [-0.25, -0.2) is 4.98 Å². The summed E-state index contributed by atoms with van der Waals surface area (Å²) in [5, 5.41) is 0. The summed E-state index contributed by atoms with van der Waals surface area (Å²) < 4.78 is 2.16. The van der Waals surface area contributed by atoms with E-state index in [1.807, 2.05) is 18.5 Å². The second kappa shape index (κ2) is 4.33. The van der Waals surface area contributed by atoms with E-state index in [2.05, 4.69) is 49.3 Å². The third kappa shape index (κ3) is 1.95. The first-order chi connectivity index (χ1) is 8.25. The molecule has 0 radical (unpaired) electrons. The summed E-state index contributed by atoms with van der Waals surface area (Å²) in [5.74, 6) is 2.00. The number of nitrogens with zero attached hydrogens (tertiary/aromatic N) is 3. The van der Waals surface area contributed by atoms with Crippen molar-refractivity contribution in [3.63, 3.8) is 0 Å². The van der Waals surface area contributed by atoms with Gasteiger partial charge in [0.15, 0.2) is 0 Å². The molecule has 0 spiro atoms. The second-order valence-electron chi connectivity index (χ2n) is 4.77. The molecule has 1 saturated heterocycles. The molecular formula is C13H16BrN3. The molecule has 1 aliphatic heterocycles. The van der Waals surface area contributed by atoms with Crippen molar-refractivity contribution in [1.82, 2.24) is 9.38 Å². The SMILES string of the molecule is CC1CCN(c2cccc3nccn23)CC1Br. The zero-order valence-corrected chi connectivity index (χ0v) is 11.5. The van der Waals surface area contributed by atoms with Gasteiger partial charge in [-0.15, -0.1) is 0 Å². The Kier molecular flexibility index (Phi) is 2.82. The van der Waals surface area contributed by atoms with E-state index in [1.165, 1.54) is 12.2 Å². The summed E-state index contributed by atoms with van der Waals surface area (Å²) in [6.07, 6.45) is 5.13. The van der Waals surface area contributed by atoms with Gasteiger partial charge in [0, 0.05) is 30.3 Å². The number of aromatic nitrogens is 2. The van der Waals surface area contributed by atoms with Crippen molar-refractivity contribution in [3.05, 3.63) is 30.6 Å². The minimum Gasteiger partial charge on any atom is -0.357 e. The van der Waals surface area contributed by atoms with Gasteiger partial charge in [-0.1, -0.05) is 28.9 Å². The highest BCUT2D eigenvalue weighted by Gasteiger charge is 2.25. The van der Waals surface area contributed by atoms with Crippen LogP contribution in [0.15, 0.2) is 30.6 Å². The fourth-order valence-corrected chi connectivity index (χ4v) is 3.03. The number of hydrogen-bond donors (Lipinski definition) is 0. The molecule has 4 heteroatoms. The summed E-state index contributed by atoms with van der Waals surface area (Å²) in [6.45, 7) is 4.51. The number of hydrogen-bond acceptors (Lipinski definition) is 2. The average molecular weight is 294 g/mol. The molecule has 0 aromatic carbocycles. The van der Waals surface area contributed by atoms with Crippen LogP contribution in [-0.2, 0) is 0 Å². The van der Waals surface area contributed by atoms with Gasteiger partial charge in [0.1, 0.15) is 11.5 Å². The predicted molar refractivity (Wildman–Crippen MR) is 73.9 cm³/mol. The van der Waals surface area contributed by atoms with Crippen LogP contribution in [0.5, 0.6) is 0 Å². The van der Waals surface area contributed by atoms with Crippen LogP contribution in [0.1, 0.15) is 13.3 Å². The summed E-state index contributed by atoms with van der Waals surface area (Å²) in [5.41, 5.74) is 1.02. The Bertz CT molecular complexity index is 522. The summed E-state index contributed by atoms with van der Waals surface area (Å²) in [7, 11) is 0. The van der Waals surface area contributed by atoms with E-state index in [4.69, 9.17) is 0 Å². The lowest BCUT2D eigenvalue weighted by molar-refractivity contribution is 0.454. The number of fused-ring (bicyclic) bond motifs is 1. The van der Waals surface area contributed by atoms with Gasteiger partial charge in [-0.2, -0.15) is 0 Å². The minimum atomic E-state index is 0.579. The first-order valence-electron chi connectivity index (χ1n) is 6.07. The van der Waals surface area contributed by atoms with E-state index in [0.29, 0.717) is 4.83 Å². The number of piperidine rings is 1. The van der Waals surface area contributed by atoms with Crippen molar-refractivity contribution >= 4 is 27.4 Å². The van der Waals surface area contributed by atoms with Crippen LogP contribution in [0.4, 0.5) is 5.82 Å². The largest absolute Gasteiger partial charge is 0.357 e. The smallest absolute Gasteiger partial charge is 0.138 e. The molecule has 2 aromatic heterocycles. The van der Waals surface area contributed by atoms with E-state index in [9.17, 15) is 0 Å². The zero-order valence-electron chi connectivity index (χ0n) is 9.88. The lowest BCUT2D eigenvalue weighted by Crippen LogP contribution is -2.40. The second-order valence-corrected chi connectivity index (χ2v) is 5.94. The van der Waals surface area contributed by atoms with E-state index < -0.39 is 0 Å². The number of imidazole rings is 1. The molecule has 2 unspecified atom stereocenters. The van der Waals surface area contributed by atoms with Gasteiger partial charge in [-0.3, -0.25) is 4.40 Å². The molecule has 0 saturated carbocycles. The first kappa shape index (κ1) is 11.1. The van der Waals surface area contributed by atoms with Crippen molar-refractivity contribution in [1.29, 1.82) is 0 Å². The standard InChI is InChI=1S/C13H16BrN3/c1-10-5-7-16(9-11(10)14)13-4-2-3-12-15-6-8-17(12)13/h2-4,6,8,10-11H,5,7,9H2,1H3. The number of pyridine rings is 1. The number of anilines is 1. The molecule has 1 fully saturated rings. The predicted octanol–water partition coefficient (Wildman–Crippen LogP) is 2.94. The maximum absolute atomic E-state index is 4.33. The fourth-order valence-electron chi connectivity index (χ4n) is 2.42. The number of alkyl halides is 1. The van der Waals surface area contributed by atoms with Crippen LogP contribution < -0.4 is 4.90 Å². The molecule has 90 valence electrons. The Morgan fingerprint density at radius 1 is 1.41 bits per heavy atom. The van der Waals surface area contributed by atoms with Crippen LogP contribution in [0.25, 0.3) is 5.65 Å². The summed E-state index contributed by atoms with van der Waals surface area (Å²) in [6, 6.07) is 6.30. The molecule has 2 aromatic rings. The summed E-state index contributed by atoms with van der Waals surface area (Å²) >= 11 is 3.78. The number of rotatable bonds is 1. The van der Waals surface area contributed by atoms with Crippen LogP contribution in [0, 0.1) is 5.92 Å². The Morgan fingerprint density at radius 3 is 3.12 bits per heavy atom. The quantitative estimate of drug-likeness (QED) is 0.754. The molecule has 3 rings (SSSR count). The van der Waals surface area contributed by atoms with Gasteiger partial charge in [0.2, 0.25) is 0 Å². The van der Waals surface area contributed by atoms with Crippen molar-refractivity contribution in [2.45, 2.75) is 18.2 Å². The molecular weight excluding hydrogens is 278 g/mol. The molecule has 1 aliphatic rings. The Balaban J connectivity index is 1.96. The Hall–Kier alpha value is -1.03. The van der Waals surface area contributed by atoms with E-state index >= 15 is 0 Å². The highest BCUT2D eigenvalue weighted by atomic mass is 79.9. The van der Waals surface area contributed by atoms with Gasteiger partial charge in [0.05, 0.1) is 0 Å². The molecule has 0 N–H and O–H groups in total. The van der Waals surface area contributed by atoms with E-state index in [-0.39, 0.29) is 0 Å². The highest BCUT2D eigenvalue weighted by Crippen LogP contribution is 2.27. The van der Waals surface area contributed by atoms with Crippen LogP contribution in [0.2, 0.25) is 0 Å². The molecule has 0 bridgehead atoms. The topological polar surface area (TPSA) is 20.5 Å². The minimum absolute atomic E-state index is 0.579. The third-order valence-electron chi connectivity index (χ3n) is 3.60. The number of halogens is 1. The normalized spacial score (nSPS) is 25.4. The lowest BCUT2D eigenvalue weighted by atomic mass is 9.99. The first-order valence-corrected chi connectivity index (χ1v) is 6.98.